The first-order valence-electron chi connectivity index (χ1n) is 10.3. The molecule has 0 saturated heterocycles. The Hall–Kier alpha value is -2.89. The van der Waals surface area contributed by atoms with E-state index in [0.717, 1.165) is 30.7 Å². The number of allylic oxidation sites excluding steroid dienone is 1. The van der Waals surface area contributed by atoms with Gasteiger partial charge in [-0.25, -0.2) is 9.97 Å². The number of methoxy groups -OCH3 is 1. The minimum absolute atomic E-state index is 0.179. The van der Waals surface area contributed by atoms with Crippen molar-refractivity contribution in [1.29, 1.82) is 0 Å². The number of hydrogen-bond acceptors (Lipinski definition) is 5. The van der Waals surface area contributed by atoms with Crippen molar-refractivity contribution >= 4 is 11.7 Å². The third-order valence-electron chi connectivity index (χ3n) is 5.07. The Balaban J connectivity index is 1.49. The third kappa shape index (κ3) is 6.59. The van der Waals surface area contributed by atoms with Crippen molar-refractivity contribution in [3.63, 3.8) is 0 Å². The summed E-state index contributed by atoms with van der Waals surface area (Å²) in [7, 11) is 1.65. The molecule has 2 N–H and O–H groups in total. The van der Waals surface area contributed by atoms with Crippen LogP contribution in [-0.4, -0.2) is 36.1 Å². The van der Waals surface area contributed by atoms with Crippen LogP contribution in [0.5, 0.6) is 5.75 Å². The highest BCUT2D eigenvalue weighted by atomic mass is 16.5. The van der Waals surface area contributed by atoms with E-state index in [4.69, 9.17) is 4.74 Å². The zero-order valence-electron chi connectivity index (χ0n) is 17.3. The summed E-state index contributed by atoms with van der Waals surface area (Å²) in [6, 6.07) is 9.58. The van der Waals surface area contributed by atoms with Crippen molar-refractivity contribution in [2.24, 2.45) is 0 Å². The van der Waals surface area contributed by atoms with Gasteiger partial charge in [-0.15, -0.1) is 0 Å². The molecule has 2 aromatic rings. The topological polar surface area (TPSA) is 76.1 Å². The van der Waals surface area contributed by atoms with Crippen LogP contribution in [0.3, 0.4) is 0 Å². The Morgan fingerprint density at radius 1 is 1.10 bits per heavy atom. The predicted octanol–water partition coefficient (Wildman–Crippen LogP) is 4.07. The summed E-state index contributed by atoms with van der Waals surface area (Å²) >= 11 is 0. The summed E-state index contributed by atoms with van der Waals surface area (Å²) in [5.41, 5.74) is 3.06. The smallest absolute Gasteiger partial charge is 0.270 e. The third-order valence-corrected chi connectivity index (χ3v) is 5.07. The minimum Gasteiger partial charge on any atom is -0.497 e. The standard InChI is InChI=1S/C23H30N4O2/c1-17-26-21(16-22(27-17)24-14-12-18-6-4-3-5-7-18)23(28)25-15-13-19-8-10-20(29-2)11-9-19/h6,8-11,16H,3-5,7,12-15H2,1-2H3,(H,25,28)(H,24,26,27). The Morgan fingerprint density at radius 2 is 1.93 bits per heavy atom. The lowest BCUT2D eigenvalue weighted by Gasteiger charge is -2.13. The van der Waals surface area contributed by atoms with Gasteiger partial charge in [0, 0.05) is 19.2 Å². The summed E-state index contributed by atoms with van der Waals surface area (Å²) in [4.78, 5) is 21.2. The molecule has 0 bridgehead atoms. The number of nitrogens with zero attached hydrogens (tertiary/aromatic N) is 2. The molecule has 0 aliphatic heterocycles. The number of aromatic nitrogens is 2. The lowest BCUT2D eigenvalue weighted by atomic mass is 9.97. The van der Waals surface area contributed by atoms with Crippen LogP contribution in [0.4, 0.5) is 5.82 Å². The minimum atomic E-state index is -0.179. The molecule has 0 radical (unpaired) electrons. The van der Waals surface area contributed by atoms with E-state index in [2.05, 4.69) is 26.7 Å². The predicted molar refractivity (Wildman–Crippen MR) is 115 cm³/mol. The second-order valence-corrected chi connectivity index (χ2v) is 7.32. The molecule has 1 aromatic carbocycles. The van der Waals surface area contributed by atoms with E-state index in [-0.39, 0.29) is 5.91 Å². The van der Waals surface area contributed by atoms with Crippen molar-refractivity contribution < 1.29 is 9.53 Å². The van der Waals surface area contributed by atoms with Gasteiger partial charge in [0.15, 0.2) is 0 Å². The van der Waals surface area contributed by atoms with Gasteiger partial charge in [0.1, 0.15) is 23.1 Å². The van der Waals surface area contributed by atoms with Gasteiger partial charge in [0.05, 0.1) is 7.11 Å². The molecule has 6 nitrogen and oxygen atoms in total. The van der Waals surface area contributed by atoms with Crippen molar-refractivity contribution in [3.05, 3.63) is 59.1 Å². The van der Waals surface area contributed by atoms with Crippen LogP contribution in [0.2, 0.25) is 0 Å². The molecule has 1 aromatic heterocycles. The molecule has 0 spiro atoms. The quantitative estimate of drug-likeness (QED) is 0.627. The number of hydrogen-bond donors (Lipinski definition) is 2. The zero-order chi connectivity index (χ0) is 20.5. The van der Waals surface area contributed by atoms with E-state index in [0.29, 0.717) is 23.9 Å². The second kappa shape index (κ2) is 10.6. The van der Waals surface area contributed by atoms with Crippen LogP contribution in [-0.2, 0) is 6.42 Å². The molecule has 1 aliphatic rings. The van der Waals surface area contributed by atoms with Crippen LogP contribution in [0, 0.1) is 6.92 Å². The Labute approximate surface area is 172 Å². The van der Waals surface area contributed by atoms with Crippen molar-refractivity contribution in [1.82, 2.24) is 15.3 Å². The molecule has 154 valence electrons. The fourth-order valence-corrected chi connectivity index (χ4v) is 3.46. The number of benzene rings is 1. The van der Waals surface area contributed by atoms with E-state index in [1.54, 1.807) is 13.2 Å². The molecular formula is C23H30N4O2. The summed E-state index contributed by atoms with van der Waals surface area (Å²) < 4.78 is 5.16. The zero-order valence-corrected chi connectivity index (χ0v) is 17.3. The average molecular weight is 395 g/mol. The Morgan fingerprint density at radius 3 is 2.66 bits per heavy atom. The van der Waals surface area contributed by atoms with E-state index in [1.165, 1.54) is 31.3 Å². The molecule has 1 aliphatic carbocycles. The van der Waals surface area contributed by atoms with Crippen LogP contribution in [0.1, 0.15) is 54.0 Å². The normalized spacial score (nSPS) is 13.5. The maximum Gasteiger partial charge on any atom is 0.270 e. The molecule has 0 unspecified atom stereocenters. The fourth-order valence-electron chi connectivity index (χ4n) is 3.46. The summed E-state index contributed by atoms with van der Waals surface area (Å²) in [5.74, 6) is 1.94. The highest BCUT2D eigenvalue weighted by Crippen LogP contribution is 2.20. The maximum absolute atomic E-state index is 12.5. The van der Waals surface area contributed by atoms with Crippen LogP contribution in [0.25, 0.3) is 0 Å². The molecule has 29 heavy (non-hydrogen) atoms. The fraction of sp³-hybridized carbons (Fsp3) is 0.435. The number of ether oxygens (including phenoxy) is 1. The molecule has 0 fully saturated rings. The summed E-state index contributed by atoms with van der Waals surface area (Å²) in [6.45, 7) is 3.18. The van der Waals surface area contributed by atoms with E-state index < -0.39 is 0 Å². The van der Waals surface area contributed by atoms with Crippen molar-refractivity contribution in [2.75, 3.05) is 25.5 Å². The van der Waals surface area contributed by atoms with Gasteiger partial charge in [-0.3, -0.25) is 4.79 Å². The van der Waals surface area contributed by atoms with Crippen molar-refractivity contribution in [2.45, 2.75) is 45.4 Å². The van der Waals surface area contributed by atoms with Gasteiger partial charge in [-0.2, -0.15) is 0 Å². The lowest BCUT2D eigenvalue weighted by Crippen LogP contribution is -2.27. The highest BCUT2D eigenvalue weighted by Gasteiger charge is 2.11. The number of rotatable bonds is 9. The van der Waals surface area contributed by atoms with Gasteiger partial charge in [0.2, 0.25) is 0 Å². The Bertz CT molecular complexity index is 846. The number of amides is 1. The van der Waals surface area contributed by atoms with Gasteiger partial charge in [-0.1, -0.05) is 23.8 Å². The Kier molecular flexibility index (Phi) is 7.61. The molecular weight excluding hydrogens is 364 g/mol. The number of anilines is 1. The van der Waals surface area contributed by atoms with E-state index in [1.807, 2.05) is 31.2 Å². The van der Waals surface area contributed by atoms with E-state index >= 15 is 0 Å². The number of carbonyl (C=O) groups excluding carboxylic acids is 1. The molecule has 0 atom stereocenters. The molecule has 0 saturated carbocycles. The van der Waals surface area contributed by atoms with Crippen molar-refractivity contribution in [3.8, 4) is 5.75 Å². The molecule has 3 rings (SSSR count). The highest BCUT2D eigenvalue weighted by molar-refractivity contribution is 5.92. The first-order chi connectivity index (χ1) is 14.1. The number of aryl methyl sites for hydroxylation is 1. The van der Waals surface area contributed by atoms with Crippen LogP contribution in [0.15, 0.2) is 42.0 Å². The molecule has 1 amide bonds. The number of nitrogens with one attached hydrogen (secondary N) is 2. The van der Waals surface area contributed by atoms with Gasteiger partial charge >= 0.3 is 0 Å². The van der Waals surface area contributed by atoms with Gasteiger partial charge < -0.3 is 15.4 Å². The first-order valence-corrected chi connectivity index (χ1v) is 10.3. The largest absolute Gasteiger partial charge is 0.497 e. The monoisotopic (exact) mass is 394 g/mol. The summed E-state index contributed by atoms with van der Waals surface area (Å²) in [5, 5.41) is 6.28. The average Bonchev–Trinajstić information content (AvgIpc) is 2.74. The van der Waals surface area contributed by atoms with Gasteiger partial charge in [-0.05, 0) is 63.1 Å². The lowest BCUT2D eigenvalue weighted by molar-refractivity contribution is 0.0949. The van der Waals surface area contributed by atoms with E-state index in [9.17, 15) is 4.79 Å². The van der Waals surface area contributed by atoms with Crippen LogP contribution >= 0.6 is 0 Å². The molecule has 1 heterocycles. The summed E-state index contributed by atoms with van der Waals surface area (Å²) in [6.07, 6.45) is 9.12. The molecule has 6 heteroatoms. The maximum atomic E-state index is 12.5. The number of carbonyl (C=O) groups is 1. The van der Waals surface area contributed by atoms with Gasteiger partial charge in [0.25, 0.3) is 5.91 Å². The first kappa shape index (κ1) is 20.8. The van der Waals surface area contributed by atoms with Crippen LogP contribution < -0.4 is 15.4 Å². The second-order valence-electron chi connectivity index (χ2n) is 7.32. The SMILES string of the molecule is COc1ccc(CCNC(=O)c2cc(NCCC3=CCCCC3)nc(C)n2)cc1.